The Labute approximate surface area is 102 Å². The van der Waals surface area contributed by atoms with Gasteiger partial charge in [-0.2, -0.15) is 0 Å². The zero-order valence-corrected chi connectivity index (χ0v) is 12.0. The standard InChI is InChI=1S/C14H30N2/c1-13(2,3)15-11-7-9-12(10-8-11)16-14(4,5)6/h11-12,15-16H,7-10H2,1-6H3/t11-,12-. The molecule has 0 aromatic rings. The largest absolute Gasteiger partial charge is 0.309 e. The predicted molar refractivity (Wildman–Crippen MR) is 71.8 cm³/mol. The quantitative estimate of drug-likeness (QED) is 0.756. The molecule has 1 rings (SSSR count). The molecule has 1 saturated carbocycles. The van der Waals surface area contributed by atoms with Crippen molar-refractivity contribution in [3.8, 4) is 0 Å². The average Bonchev–Trinajstić information content (AvgIpc) is 2.03. The molecule has 2 N–H and O–H groups in total. The Hall–Kier alpha value is -0.0800. The zero-order chi connectivity index (χ0) is 12.4. The lowest BCUT2D eigenvalue weighted by molar-refractivity contribution is 0.236. The van der Waals surface area contributed by atoms with Crippen LogP contribution in [0.1, 0.15) is 67.2 Å². The van der Waals surface area contributed by atoms with Gasteiger partial charge in [0.15, 0.2) is 0 Å². The number of nitrogens with one attached hydrogen (secondary N) is 2. The Bertz CT molecular complexity index is 178. The number of rotatable bonds is 2. The maximum atomic E-state index is 3.71. The van der Waals surface area contributed by atoms with E-state index >= 15 is 0 Å². The van der Waals surface area contributed by atoms with Gasteiger partial charge in [-0.15, -0.1) is 0 Å². The van der Waals surface area contributed by atoms with E-state index in [0.717, 1.165) is 12.1 Å². The molecule has 1 aliphatic carbocycles. The van der Waals surface area contributed by atoms with E-state index < -0.39 is 0 Å². The smallest absolute Gasteiger partial charge is 0.00990 e. The first-order chi connectivity index (χ1) is 7.16. The molecule has 0 aromatic heterocycles. The molecule has 0 unspecified atom stereocenters. The van der Waals surface area contributed by atoms with Crippen LogP contribution in [-0.2, 0) is 0 Å². The van der Waals surface area contributed by atoms with E-state index in [1.807, 2.05) is 0 Å². The van der Waals surface area contributed by atoms with Gasteiger partial charge in [0, 0.05) is 23.2 Å². The van der Waals surface area contributed by atoms with E-state index in [1.54, 1.807) is 0 Å². The molecule has 0 aliphatic heterocycles. The summed E-state index contributed by atoms with van der Waals surface area (Å²) in [6, 6.07) is 1.44. The van der Waals surface area contributed by atoms with E-state index in [2.05, 4.69) is 52.2 Å². The SMILES string of the molecule is CC(C)(C)N[C@H]1CC[C@H](NC(C)(C)C)CC1. The van der Waals surface area contributed by atoms with Gasteiger partial charge in [-0.25, -0.2) is 0 Å². The van der Waals surface area contributed by atoms with Crippen LogP contribution >= 0.6 is 0 Å². The molecule has 2 nitrogen and oxygen atoms in total. The van der Waals surface area contributed by atoms with Crippen LogP contribution in [0.3, 0.4) is 0 Å². The third-order valence-electron chi connectivity index (χ3n) is 3.00. The topological polar surface area (TPSA) is 24.1 Å². The van der Waals surface area contributed by atoms with Crippen molar-refractivity contribution in [2.45, 2.75) is 90.4 Å². The van der Waals surface area contributed by atoms with Crippen molar-refractivity contribution in [1.29, 1.82) is 0 Å². The summed E-state index contributed by atoms with van der Waals surface area (Å²) in [5, 5.41) is 7.43. The minimum absolute atomic E-state index is 0.259. The van der Waals surface area contributed by atoms with E-state index in [9.17, 15) is 0 Å². The van der Waals surface area contributed by atoms with Crippen molar-refractivity contribution in [1.82, 2.24) is 10.6 Å². The number of hydrogen-bond donors (Lipinski definition) is 2. The molecule has 0 heterocycles. The first-order valence-electron chi connectivity index (χ1n) is 6.71. The Morgan fingerprint density at radius 2 is 0.875 bits per heavy atom. The van der Waals surface area contributed by atoms with Gasteiger partial charge in [0.2, 0.25) is 0 Å². The van der Waals surface area contributed by atoms with E-state index in [-0.39, 0.29) is 11.1 Å². The molecular formula is C14H30N2. The van der Waals surface area contributed by atoms with Gasteiger partial charge in [-0.1, -0.05) is 0 Å². The van der Waals surface area contributed by atoms with Gasteiger partial charge >= 0.3 is 0 Å². The molecule has 0 radical (unpaired) electrons. The molecule has 96 valence electrons. The monoisotopic (exact) mass is 226 g/mol. The van der Waals surface area contributed by atoms with Gasteiger partial charge in [-0.3, -0.25) is 0 Å². The maximum Gasteiger partial charge on any atom is 0.00990 e. The van der Waals surface area contributed by atoms with E-state index in [0.29, 0.717) is 0 Å². The molecule has 1 aliphatic rings. The fraction of sp³-hybridized carbons (Fsp3) is 1.00. The highest BCUT2D eigenvalue weighted by molar-refractivity contribution is 4.87. The molecule has 2 heteroatoms. The first-order valence-corrected chi connectivity index (χ1v) is 6.71. The molecular weight excluding hydrogens is 196 g/mol. The fourth-order valence-electron chi connectivity index (χ4n) is 2.61. The fourth-order valence-corrected chi connectivity index (χ4v) is 2.61. The molecule has 16 heavy (non-hydrogen) atoms. The second-order valence-corrected chi connectivity index (χ2v) is 7.34. The maximum absolute atomic E-state index is 3.71. The normalized spacial score (nSPS) is 28.1. The second-order valence-electron chi connectivity index (χ2n) is 7.34. The Morgan fingerprint density at radius 1 is 0.625 bits per heavy atom. The summed E-state index contributed by atoms with van der Waals surface area (Å²) in [6.45, 7) is 13.5. The van der Waals surface area contributed by atoms with E-state index in [1.165, 1.54) is 25.7 Å². The number of hydrogen-bond acceptors (Lipinski definition) is 2. The first kappa shape index (κ1) is 14.0. The summed E-state index contributed by atoms with van der Waals surface area (Å²) in [6.07, 6.45) is 5.24. The summed E-state index contributed by atoms with van der Waals surface area (Å²) in [5.74, 6) is 0. The van der Waals surface area contributed by atoms with Crippen molar-refractivity contribution in [2.75, 3.05) is 0 Å². The molecule has 0 bridgehead atoms. The lowest BCUT2D eigenvalue weighted by Gasteiger charge is -2.37. The third kappa shape index (κ3) is 5.86. The highest BCUT2D eigenvalue weighted by atomic mass is 15.0. The lowest BCUT2D eigenvalue weighted by atomic mass is 9.88. The predicted octanol–water partition coefficient (Wildman–Crippen LogP) is 3.07. The van der Waals surface area contributed by atoms with Crippen LogP contribution in [0.15, 0.2) is 0 Å². The molecule has 0 saturated heterocycles. The minimum Gasteiger partial charge on any atom is -0.309 e. The molecule has 0 amide bonds. The van der Waals surface area contributed by atoms with Crippen LogP contribution in [0, 0.1) is 0 Å². The summed E-state index contributed by atoms with van der Waals surface area (Å²) in [7, 11) is 0. The van der Waals surface area contributed by atoms with Gasteiger partial charge < -0.3 is 10.6 Å². The van der Waals surface area contributed by atoms with Crippen molar-refractivity contribution in [3.63, 3.8) is 0 Å². The van der Waals surface area contributed by atoms with Crippen molar-refractivity contribution in [2.24, 2.45) is 0 Å². The van der Waals surface area contributed by atoms with Crippen LogP contribution < -0.4 is 10.6 Å². The lowest BCUT2D eigenvalue weighted by Crippen LogP contribution is -2.50. The van der Waals surface area contributed by atoms with Crippen molar-refractivity contribution < 1.29 is 0 Å². The van der Waals surface area contributed by atoms with Crippen LogP contribution in [0.2, 0.25) is 0 Å². The molecule has 0 spiro atoms. The Kier molecular flexibility index (Phi) is 4.42. The van der Waals surface area contributed by atoms with Gasteiger partial charge in [-0.05, 0) is 67.2 Å². The van der Waals surface area contributed by atoms with Crippen LogP contribution in [0.25, 0.3) is 0 Å². The van der Waals surface area contributed by atoms with Crippen molar-refractivity contribution >= 4 is 0 Å². The zero-order valence-electron chi connectivity index (χ0n) is 12.0. The summed E-state index contributed by atoms with van der Waals surface area (Å²) >= 11 is 0. The van der Waals surface area contributed by atoms with Crippen molar-refractivity contribution in [3.05, 3.63) is 0 Å². The van der Waals surface area contributed by atoms with Gasteiger partial charge in [0.1, 0.15) is 0 Å². The third-order valence-corrected chi connectivity index (χ3v) is 3.00. The second kappa shape index (κ2) is 5.05. The van der Waals surface area contributed by atoms with Gasteiger partial charge in [0.25, 0.3) is 0 Å². The van der Waals surface area contributed by atoms with Gasteiger partial charge in [0.05, 0.1) is 0 Å². The molecule has 1 fully saturated rings. The summed E-state index contributed by atoms with van der Waals surface area (Å²) in [4.78, 5) is 0. The summed E-state index contributed by atoms with van der Waals surface area (Å²) in [5.41, 5.74) is 0.518. The molecule has 0 aromatic carbocycles. The van der Waals surface area contributed by atoms with Crippen LogP contribution in [0.5, 0.6) is 0 Å². The Morgan fingerprint density at radius 3 is 1.06 bits per heavy atom. The Balaban J connectivity index is 2.29. The highest BCUT2D eigenvalue weighted by Gasteiger charge is 2.26. The highest BCUT2D eigenvalue weighted by Crippen LogP contribution is 2.22. The molecule has 0 atom stereocenters. The van der Waals surface area contributed by atoms with E-state index in [4.69, 9.17) is 0 Å². The summed E-state index contributed by atoms with van der Waals surface area (Å²) < 4.78 is 0. The minimum atomic E-state index is 0.259. The van der Waals surface area contributed by atoms with Crippen LogP contribution in [-0.4, -0.2) is 23.2 Å². The van der Waals surface area contributed by atoms with Crippen LogP contribution in [0.4, 0.5) is 0 Å². The average molecular weight is 226 g/mol.